The molecule has 0 saturated heterocycles. The zero-order valence-electron chi connectivity index (χ0n) is 10.5. The van der Waals surface area contributed by atoms with Crippen LogP contribution in [0.3, 0.4) is 0 Å². The van der Waals surface area contributed by atoms with Gasteiger partial charge in [0.15, 0.2) is 22.5 Å². The summed E-state index contributed by atoms with van der Waals surface area (Å²) in [6.07, 6.45) is 3.11. The maximum atomic E-state index is 13.6. The van der Waals surface area contributed by atoms with Crippen molar-refractivity contribution in [2.75, 3.05) is 6.54 Å². The minimum atomic E-state index is -1.48. The van der Waals surface area contributed by atoms with Crippen LogP contribution in [0, 0.1) is 17.5 Å². The second-order valence-electron chi connectivity index (χ2n) is 4.70. The van der Waals surface area contributed by atoms with Gasteiger partial charge in [-0.3, -0.25) is 0 Å². The van der Waals surface area contributed by atoms with E-state index in [1.807, 2.05) is 0 Å². The first-order valence-electron chi connectivity index (χ1n) is 6.35. The van der Waals surface area contributed by atoms with Crippen molar-refractivity contribution in [2.24, 2.45) is 0 Å². The van der Waals surface area contributed by atoms with Crippen LogP contribution < -0.4 is 5.32 Å². The highest BCUT2D eigenvalue weighted by molar-refractivity contribution is 7.14. The Hall–Kier alpha value is -1.47. The first-order chi connectivity index (χ1) is 9.65. The minimum Gasteiger partial charge on any atom is -0.314 e. The molecule has 1 aromatic heterocycles. The van der Waals surface area contributed by atoms with Crippen LogP contribution in [-0.4, -0.2) is 22.8 Å². The SMILES string of the molecule is Fc1ccc(-c2nnc(CCNC3CC3)s2)c(F)c1F. The lowest BCUT2D eigenvalue weighted by atomic mass is 10.2. The molecular weight excluding hydrogens is 287 g/mol. The first kappa shape index (κ1) is 13.5. The molecule has 0 amide bonds. The van der Waals surface area contributed by atoms with Gasteiger partial charge in [-0.05, 0) is 25.0 Å². The fourth-order valence-electron chi connectivity index (χ4n) is 1.83. The van der Waals surface area contributed by atoms with Gasteiger partial charge in [-0.25, -0.2) is 13.2 Å². The molecule has 3 nitrogen and oxygen atoms in total. The summed E-state index contributed by atoms with van der Waals surface area (Å²) in [7, 11) is 0. The fraction of sp³-hybridized carbons (Fsp3) is 0.385. The van der Waals surface area contributed by atoms with Crippen LogP contribution in [0.15, 0.2) is 12.1 Å². The number of hydrogen-bond acceptors (Lipinski definition) is 4. The van der Waals surface area contributed by atoms with Gasteiger partial charge in [0.1, 0.15) is 5.01 Å². The van der Waals surface area contributed by atoms with Gasteiger partial charge in [0.05, 0.1) is 5.56 Å². The van der Waals surface area contributed by atoms with E-state index in [1.165, 1.54) is 30.2 Å². The lowest BCUT2D eigenvalue weighted by Gasteiger charge is -2.00. The molecule has 3 rings (SSSR count). The van der Waals surface area contributed by atoms with E-state index in [-0.39, 0.29) is 10.6 Å². The van der Waals surface area contributed by atoms with E-state index >= 15 is 0 Å². The molecule has 20 heavy (non-hydrogen) atoms. The Morgan fingerprint density at radius 3 is 2.70 bits per heavy atom. The van der Waals surface area contributed by atoms with Gasteiger partial charge in [0.25, 0.3) is 0 Å². The van der Waals surface area contributed by atoms with Crippen molar-refractivity contribution >= 4 is 11.3 Å². The first-order valence-corrected chi connectivity index (χ1v) is 7.16. The Morgan fingerprint density at radius 2 is 1.95 bits per heavy atom. The monoisotopic (exact) mass is 299 g/mol. The lowest BCUT2D eigenvalue weighted by Crippen LogP contribution is -2.19. The van der Waals surface area contributed by atoms with E-state index in [9.17, 15) is 13.2 Å². The van der Waals surface area contributed by atoms with Gasteiger partial charge < -0.3 is 5.32 Å². The number of nitrogens with zero attached hydrogens (tertiary/aromatic N) is 2. The van der Waals surface area contributed by atoms with Gasteiger partial charge in [-0.2, -0.15) is 0 Å². The Balaban J connectivity index is 1.73. The molecule has 1 saturated carbocycles. The molecule has 1 aliphatic rings. The van der Waals surface area contributed by atoms with E-state index in [0.29, 0.717) is 12.5 Å². The van der Waals surface area contributed by atoms with Crippen LogP contribution in [0.5, 0.6) is 0 Å². The summed E-state index contributed by atoms with van der Waals surface area (Å²) < 4.78 is 39.7. The van der Waals surface area contributed by atoms with Crippen molar-refractivity contribution in [1.29, 1.82) is 0 Å². The fourth-order valence-corrected chi connectivity index (χ4v) is 2.68. The number of halogens is 3. The van der Waals surface area contributed by atoms with E-state index in [2.05, 4.69) is 15.5 Å². The number of rotatable bonds is 5. The molecule has 7 heteroatoms. The third kappa shape index (κ3) is 2.83. The smallest absolute Gasteiger partial charge is 0.195 e. The molecule has 0 atom stereocenters. The van der Waals surface area contributed by atoms with E-state index in [4.69, 9.17) is 0 Å². The van der Waals surface area contributed by atoms with Crippen LogP contribution in [0.2, 0.25) is 0 Å². The molecule has 1 fully saturated rings. The molecule has 1 aliphatic carbocycles. The number of nitrogens with one attached hydrogen (secondary N) is 1. The average molecular weight is 299 g/mol. The Labute approximate surface area is 117 Å². The molecule has 106 valence electrons. The highest BCUT2D eigenvalue weighted by atomic mass is 32.1. The normalized spacial score (nSPS) is 14.8. The van der Waals surface area contributed by atoms with Crippen molar-refractivity contribution in [3.63, 3.8) is 0 Å². The predicted molar refractivity (Wildman–Crippen MR) is 69.9 cm³/mol. The van der Waals surface area contributed by atoms with Crippen LogP contribution in [0.25, 0.3) is 10.6 Å². The second-order valence-corrected chi connectivity index (χ2v) is 5.76. The molecule has 1 N–H and O–H groups in total. The van der Waals surface area contributed by atoms with Crippen LogP contribution in [0.1, 0.15) is 17.8 Å². The quantitative estimate of drug-likeness (QED) is 0.863. The summed E-state index contributed by atoms with van der Waals surface area (Å²) in [6.45, 7) is 0.791. The van der Waals surface area contributed by atoms with Gasteiger partial charge in [-0.1, -0.05) is 11.3 Å². The maximum Gasteiger partial charge on any atom is 0.195 e. The zero-order valence-corrected chi connectivity index (χ0v) is 11.3. The van der Waals surface area contributed by atoms with Crippen molar-refractivity contribution in [3.8, 4) is 10.6 Å². The van der Waals surface area contributed by atoms with Gasteiger partial charge >= 0.3 is 0 Å². The lowest BCUT2D eigenvalue weighted by molar-refractivity contribution is 0.449. The summed E-state index contributed by atoms with van der Waals surface area (Å²) in [4.78, 5) is 0. The van der Waals surface area contributed by atoms with Gasteiger partial charge in [0, 0.05) is 19.0 Å². The molecular formula is C13H12F3N3S. The highest BCUT2D eigenvalue weighted by Crippen LogP contribution is 2.28. The van der Waals surface area contributed by atoms with Crippen molar-refractivity contribution in [2.45, 2.75) is 25.3 Å². The number of hydrogen-bond donors (Lipinski definition) is 1. The largest absolute Gasteiger partial charge is 0.314 e. The van der Waals surface area contributed by atoms with Crippen molar-refractivity contribution in [1.82, 2.24) is 15.5 Å². The summed E-state index contributed by atoms with van der Waals surface area (Å²) in [5.41, 5.74) is -0.0530. The number of benzene rings is 1. The Kier molecular flexibility index (Phi) is 3.71. The molecule has 0 bridgehead atoms. The van der Waals surface area contributed by atoms with Crippen molar-refractivity contribution < 1.29 is 13.2 Å². The third-order valence-electron chi connectivity index (χ3n) is 3.08. The summed E-state index contributed by atoms with van der Waals surface area (Å²) >= 11 is 1.20. The van der Waals surface area contributed by atoms with Crippen LogP contribution >= 0.6 is 11.3 Å². The van der Waals surface area contributed by atoms with Crippen LogP contribution in [-0.2, 0) is 6.42 Å². The third-order valence-corrected chi connectivity index (χ3v) is 4.10. The van der Waals surface area contributed by atoms with E-state index in [1.54, 1.807) is 0 Å². The average Bonchev–Trinajstić information content (AvgIpc) is 3.14. The van der Waals surface area contributed by atoms with Crippen LogP contribution in [0.4, 0.5) is 13.2 Å². The molecule has 0 spiro atoms. The minimum absolute atomic E-state index is 0.0530. The Morgan fingerprint density at radius 1 is 1.15 bits per heavy atom. The maximum absolute atomic E-state index is 13.6. The summed E-state index contributed by atoms with van der Waals surface area (Å²) in [5, 5.41) is 12.1. The van der Waals surface area contributed by atoms with Gasteiger partial charge in [-0.15, -0.1) is 10.2 Å². The molecule has 0 aliphatic heterocycles. The van der Waals surface area contributed by atoms with Gasteiger partial charge in [0.2, 0.25) is 0 Å². The molecule has 2 aromatic rings. The summed E-state index contributed by atoms with van der Waals surface area (Å²) in [5.74, 6) is -3.90. The topological polar surface area (TPSA) is 37.8 Å². The van der Waals surface area contributed by atoms with Crippen molar-refractivity contribution in [3.05, 3.63) is 34.6 Å². The molecule has 1 heterocycles. The zero-order chi connectivity index (χ0) is 14.1. The summed E-state index contributed by atoms with van der Waals surface area (Å²) in [6, 6.07) is 2.69. The molecule has 1 aromatic carbocycles. The molecule has 0 unspecified atom stereocenters. The highest BCUT2D eigenvalue weighted by Gasteiger charge is 2.20. The molecule has 0 radical (unpaired) electrons. The van der Waals surface area contributed by atoms with E-state index in [0.717, 1.165) is 17.6 Å². The standard InChI is InChI=1S/C13H12F3N3S/c14-9-4-3-8(11(15)12(9)16)13-19-18-10(20-13)5-6-17-7-1-2-7/h3-4,7,17H,1-2,5-6H2. The van der Waals surface area contributed by atoms with E-state index < -0.39 is 17.5 Å². The second kappa shape index (κ2) is 5.49. The number of aromatic nitrogens is 2. The Bertz CT molecular complexity index is 625. The predicted octanol–water partition coefficient (Wildman–Crippen LogP) is 2.92.